The van der Waals surface area contributed by atoms with E-state index in [4.69, 9.17) is 10.0 Å². The van der Waals surface area contributed by atoms with Crippen LogP contribution in [0.25, 0.3) is 0 Å². The molecule has 0 spiro atoms. The van der Waals surface area contributed by atoms with Crippen LogP contribution < -0.4 is 5.46 Å². The third kappa shape index (κ3) is 3.46. The molecule has 0 radical (unpaired) electrons. The van der Waals surface area contributed by atoms with Gasteiger partial charge in [0, 0.05) is 0 Å². The quantitative estimate of drug-likeness (QED) is 0.794. The van der Waals surface area contributed by atoms with Gasteiger partial charge in [0.1, 0.15) is 0 Å². The van der Waals surface area contributed by atoms with Gasteiger partial charge in [-0.2, -0.15) is 0 Å². The number of hydrogen-bond acceptors (Lipinski definition) is 2. The Morgan fingerprint density at radius 3 is 1.67 bits per heavy atom. The van der Waals surface area contributed by atoms with Crippen LogP contribution >= 0.6 is 0 Å². The molecule has 2 rings (SSSR count). The van der Waals surface area contributed by atoms with E-state index < -0.39 is 7.12 Å². The average Bonchev–Trinajstić information content (AvgIpc) is 2.38. The highest BCUT2D eigenvalue weighted by Crippen LogP contribution is 2.08. The Balaban J connectivity index is 1.95. The maximum absolute atomic E-state index is 9.00. The third-order valence-electron chi connectivity index (χ3n) is 3.10. The number of benzene rings is 2. The SMILES string of the molecule is Cc1ccc(CCc2ccc(B(O)O)cc2)cc1. The molecule has 2 aromatic carbocycles. The van der Waals surface area contributed by atoms with Gasteiger partial charge in [-0.25, -0.2) is 0 Å². The second kappa shape index (κ2) is 5.85. The molecule has 3 heteroatoms. The zero-order chi connectivity index (χ0) is 13.0. The van der Waals surface area contributed by atoms with E-state index in [9.17, 15) is 0 Å². The fourth-order valence-electron chi connectivity index (χ4n) is 1.90. The van der Waals surface area contributed by atoms with Gasteiger partial charge >= 0.3 is 7.12 Å². The molecule has 0 amide bonds. The maximum atomic E-state index is 9.00. The van der Waals surface area contributed by atoms with Gasteiger partial charge < -0.3 is 10.0 Å². The molecule has 0 aliphatic rings. The fraction of sp³-hybridized carbons (Fsp3) is 0.200. The molecule has 0 unspecified atom stereocenters. The van der Waals surface area contributed by atoms with E-state index in [1.807, 2.05) is 12.1 Å². The molecular formula is C15H17BO2. The highest BCUT2D eigenvalue weighted by molar-refractivity contribution is 6.58. The molecule has 0 atom stereocenters. The van der Waals surface area contributed by atoms with Crippen molar-refractivity contribution in [3.63, 3.8) is 0 Å². The molecule has 2 aromatic rings. The van der Waals surface area contributed by atoms with E-state index in [1.54, 1.807) is 12.1 Å². The minimum absolute atomic E-state index is 0.536. The van der Waals surface area contributed by atoms with Crippen LogP contribution in [0.3, 0.4) is 0 Å². The highest BCUT2D eigenvalue weighted by Gasteiger charge is 2.09. The predicted molar refractivity (Wildman–Crippen MR) is 74.9 cm³/mol. The van der Waals surface area contributed by atoms with Gasteiger partial charge in [0.05, 0.1) is 0 Å². The summed E-state index contributed by atoms with van der Waals surface area (Å²) >= 11 is 0. The molecule has 2 nitrogen and oxygen atoms in total. The fourth-order valence-corrected chi connectivity index (χ4v) is 1.90. The van der Waals surface area contributed by atoms with Crippen LogP contribution in [-0.2, 0) is 12.8 Å². The van der Waals surface area contributed by atoms with Gasteiger partial charge in [0.25, 0.3) is 0 Å². The predicted octanol–water partition coefficient (Wildman–Crippen LogP) is 1.46. The standard InChI is InChI=1S/C15H17BO2/c1-12-2-4-13(5-3-12)6-7-14-8-10-15(11-9-14)16(17)18/h2-5,8-11,17-18H,6-7H2,1H3. The first-order valence-corrected chi connectivity index (χ1v) is 6.15. The molecule has 0 saturated carbocycles. The van der Waals surface area contributed by atoms with Crippen molar-refractivity contribution >= 4 is 12.6 Å². The largest absolute Gasteiger partial charge is 0.488 e. The molecule has 18 heavy (non-hydrogen) atoms. The summed E-state index contributed by atoms with van der Waals surface area (Å²) in [6.07, 6.45) is 1.96. The van der Waals surface area contributed by atoms with Crippen molar-refractivity contribution in [1.29, 1.82) is 0 Å². The molecule has 0 saturated heterocycles. The Labute approximate surface area is 108 Å². The molecule has 0 aliphatic heterocycles. The summed E-state index contributed by atoms with van der Waals surface area (Å²) in [6, 6.07) is 16.0. The van der Waals surface area contributed by atoms with Crippen LogP contribution in [0.5, 0.6) is 0 Å². The van der Waals surface area contributed by atoms with E-state index in [1.165, 1.54) is 16.7 Å². The normalized spacial score (nSPS) is 10.4. The molecule has 0 heterocycles. The van der Waals surface area contributed by atoms with E-state index in [-0.39, 0.29) is 0 Å². The summed E-state index contributed by atoms with van der Waals surface area (Å²) in [4.78, 5) is 0. The van der Waals surface area contributed by atoms with E-state index >= 15 is 0 Å². The summed E-state index contributed by atoms with van der Waals surface area (Å²) < 4.78 is 0. The van der Waals surface area contributed by atoms with E-state index in [0.29, 0.717) is 5.46 Å². The van der Waals surface area contributed by atoms with Gasteiger partial charge in [0.15, 0.2) is 0 Å². The molecule has 2 N–H and O–H groups in total. The summed E-state index contributed by atoms with van der Waals surface area (Å²) in [5.74, 6) is 0. The van der Waals surface area contributed by atoms with Crippen LogP contribution in [0, 0.1) is 6.92 Å². The van der Waals surface area contributed by atoms with Crippen LogP contribution in [0.2, 0.25) is 0 Å². The van der Waals surface area contributed by atoms with Crippen molar-refractivity contribution in [3.8, 4) is 0 Å². The van der Waals surface area contributed by atoms with Gasteiger partial charge in [-0.15, -0.1) is 0 Å². The Morgan fingerprint density at radius 2 is 1.22 bits per heavy atom. The van der Waals surface area contributed by atoms with Crippen molar-refractivity contribution < 1.29 is 10.0 Å². The molecule has 0 aromatic heterocycles. The number of hydrogen-bond donors (Lipinski definition) is 2. The minimum atomic E-state index is -1.38. The lowest BCUT2D eigenvalue weighted by atomic mass is 9.80. The van der Waals surface area contributed by atoms with Crippen LogP contribution in [0.15, 0.2) is 48.5 Å². The number of aryl methyl sites for hydroxylation is 3. The number of rotatable bonds is 4. The molecular weight excluding hydrogens is 223 g/mol. The Bertz CT molecular complexity index is 489. The van der Waals surface area contributed by atoms with E-state index in [2.05, 4.69) is 31.2 Å². The van der Waals surface area contributed by atoms with Crippen LogP contribution in [-0.4, -0.2) is 17.2 Å². The first kappa shape index (κ1) is 12.9. The van der Waals surface area contributed by atoms with Crippen molar-refractivity contribution in [2.45, 2.75) is 19.8 Å². The molecule has 0 fully saturated rings. The lowest BCUT2D eigenvalue weighted by Gasteiger charge is -2.04. The average molecular weight is 240 g/mol. The smallest absolute Gasteiger partial charge is 0.423 e. The Hall–Kier alpha value is -1.58. The molecule has 0 aliphatic carbocycles. The van der Waals surface area contributed by atoms with Gasteiger partial charge in [-0.1, -0.05) is 54.1 Å². The zero-order valence-electron chi connectivity index (χ0n) is 10.5. The topological polar surface area (TPSA) is 40.5 Å². The van der Waals surface area contributed by atoms with Crippen LogP contribution in [0.4, 0.5) is 0 Å². The van der Waals surface area contributed by atoms with Crippen LogP contribution in [0.1, 0.15) is 16.7 Å². The van der Waals surface area contributed by atoms with Crippen molar-refractivity contribution in [1.82, 2.24) is 0 Å². The molecule has 0 bridgehead atoms. The van der Waals surface area contributed by atoms with Gasteiger partial charge in [-0.05, 0) is 36.4 Å². The Kier molecular flexibility index (Phi) is 4.18. The van der Waals surface area contributed by atoms with Crippen molar-refractivity contribution in [2.75, 3.05) is 0 Å². The minimum Gasteiger partial charge on any atom is -0.423 e. The second-order valence-electron chi connectivity index (χ2n) is 4.60. The monoisotopic (exact) mass is 240 g/mol. The van der Waals surface area contributed by atoms with Gasteiger partial charge in [-0.3, -0.25) is 0 Å². The lowest BCUT2D eigenvalue weighted by Crippen LogP contribution is -2.29. The van der Waals surface area contributed by atoms with E-state index in [0.717, 1.165) is 12.8 Å². The summed E-state index contributed by atoms with van der Waals surface area (Å²) in [7, 11) is -1.38. The maximum Gasteiger partial charge on any atom is 0.488 e. The summed E-state index contributed by atoms with van der Waals surface area (Å²) in [5, 5.41) is 18.0. The third-order valence-corrected chi connectivity index (χ3v) is 3.10. The summed E-state index contributed by atoms with van der Waals surface area (Å²) in [5.41, 5.74) is 4.35. The first-order valence-electron chi connectivity index (χ1n) is 6.15. The van der Waals surface area contributed by atoms with Gasteiger partial charge in [0.2, 0.25) is 0 Å². The second-order valence-corrected chi connectivity index (χ2v) is 4.60. The van der Waals surface area contributed by atoms with Crippen molar-refractivity contribution in [3.05, 3.63) is 65.2 Å². The Morgan fingerprint density at radius 1 is 0.778 bits per heavy atom. The zero-order valence-corrected chi connectivity index (χ0v) is 10.5. The lowest BCUT2D eigenvalue weighted by molar-refractivity contribution is 0.426. The molecule has 92 valence electrons. The first-order chi connectivity index (χ1) is 8.65. The summed E-state index contributed by atoms with van der Waals surface area (Å²) in [6.45, 7) is 2.09. The highest BCUT2D eigenvalue weighted by atomic mass is 16.4. The van der Waals surface area contributed by atoms with Crippen molar-refractivity contribution in [2.24, 2.45) is 0 Å².